The molecule has 5 rings (SSSR count). The first-order valence-electron chi connectivity index (χ1n) is 10.6. The molecule has 0 radical (unpaired) electrons. The Morgan fingerprint density at radius 2 is 1.97 bits per heavy atom. The molecule has 7 nitrogen and oxygen atoms in total. The van der Waals surface area contributed by atoms with Gasteiger partial charge >= 0.3 is 6.18 Å². The zero-order valence-corrected chi connectivity index (χ0v) is 17.3. The minimum atomic E-state index is -4.62. The van der Waals surface area contributed by atoms with Crippen molar-refractivity contribution < 1.29 is 17.6 Å². The fourth-order valence-electron chi connectivity index (χ4n) is 4.62. The van der Waals surface area contributed by atoms with Crippen LogP contribution in [0.5, 0.6) is 0 Å². The zero-order chi connectivity index (χ0) is 22.5. The second-order valence-electron chi connectivity index (χ2n) is 8.05. The number of rotatable bonds is 4. The first-order valence-corrected chi connectivity index (χ1v) is 10.6. The Morgan fingerprint density at radius 1 is 1.19 bits per heavy atom. The Balaban J connectivity index is 1.54. The van der Waals surface area contributed by atoms with E-state index in [2.05, 4.69) is 37.3 Å². The zero-order valence-electron chi connectivity index (χ0n) is 17.3. The van der Waals surface area contributed by atoms with E-state index >= 15 is 0 Å². The smallest absolute Gasteiger partial charge is 0.341 e. The average Bonchev–Trinajstić information content (AvgIpc) is 3.45. The van der Waals surface area contributed by atoms with E-state index in [1.165, 1.54) is 0 Å². The van der Waals surface area contributed by atoms with Crippen molar-refractivity contribution >= 4 is 17.5 Å². The van der Waals surface area contributed by atoms with Gasteiger partial charge in [0.2, 0.25) is 5.95 Å². The monoisotopic (exact) mass is 447 g/mol. The molecular formula is C21H21F4N7. The Kier molecular flexibility index (Phi) is 4.98. The predicted molar refractivity (Wildman–Crippen MR) is 109 cm³/mol. The predicted octanol–water partition coefficient (Wildman–Crippen LogP) is 5.17. The van der Waals surface area contributed by atoms with Crippen molar-refractivity contribution in [3.05, 3.63) is 47.9 Å². The minimum Gasteiger partial charge on any atom is -0.341 e. The van der Waals surface area contributed by atoms with Gasteiger partial charge in [-0.25, -0.2) is 9.37 Å². The van der Waals surface area contributed by atoms with Crippen LogP contribution in [-0.4, -0.2) is 30.8 Å². The number of hydrogen-bond donors (Lipinski definition) is 1. The molecule has 0 amide bonds. The summed E-state index contributed by atoms with van der Waals surface area (Å²) in [7, 11) is 0. The summed E-state index contributed by atoms with van der Waals surface area (Å²) in [6.45, 7) is 2.08. The summed E-state index contributed by atoms with van der Waals surface area (Å²) < 4.78 is 54.7. The van der Waals surface area contributed by atoms with E-state index in [4.69, 9.17) is 0 Å². The Labute approximate surface area is 181 Å². The number of nitrogens with zero attached hydrogens (tertiary/aromatic N) is 6. The molecule has 2 aliphatic rings. The van der Waals surface area contributed by atoms with Gasteiger partial charge in [0.05, 0.1) is 23.5 Å². The van der Waals surface area contributed by atoms with Crippen LogP contribution in [0.25, 0.3) is 5.69 Å². The summed E-state index contributed by atoms with van der Waals surface area (Å²) in [5, 5.41) is 11.1. The van der Waals surface area contributed by atoms with Gasteiger partial charge in [-0.05, 0) is 37.5 Å². The van der Waals surface area contributed by atoms with Crippen molar-refractivity contribution in [2.45, 2.75) is 57.3 Å². The third kappa shape index (κ3) is 3.45. The van der Waals surface area contributed by atoms with Gasteiger partial charge in [0.15, 0.2) is 11.6 Å². The minimum absolute atomic E-state index is 0.0151. The van der Waals surface area contributed by atoms with Gasteiger partial charge in [0, 0.05) is 6.04 Å². The van der Waals surface area contributed by atoms with E-state index in [0.29, 0.717) is 11.9 Å². The lowest BCUT2D eigenvalue weighted by molar-refractivity contribution is -0.137. The number of aromatic nitrogens is 5. The number of halogens is 4. The molecule has 0 bridgehead atoms. The maximum atomic E-state index is 14.4. The molecule has 1 unspecified atom stereocenters. The summed E-state index contributed by atoms with van der Waals surface area (Å²) >= 11 is 0. The van der Waals surface area contributed by atoms with Crippen molar-refractivity contribution in [3.8, 4) is 5.69 Å². The molecule has 11 heteroatoms. The van der Waals surface area contributed by atoms with Crippen LogP contribution in [-0.2, 0) is 6.18 Å². The lowest BCUT2D eigenvalue weighted by Gasteiger charge is -2.40. The van der Waals surface area contributed by atoms with Crippen molar-refractivity contribution in [3.63, 3.8) is 0 Å². The number of fused-ring (bicyclic) bond motifs is 3. The van der Waals surface area contributed by atoms with E-state index < -0.39 is 17.6 Å². The molecule has 3 aromatic rings. The van der Waals surface area contributed by atoms with E-state index in [0.717, 1.165) is 55.7 Å². The number of anilines is 3. The standard InChI is InChI=1S/C21H21F4N7/c1-2-16-19-30-27-11-31(19)17-10-26-20(29-18(17)32(16)13-5-3-4-6-13)28-15-8-7-12(9-14(15)22)21(23,24)25/h7-11,13,16H,2-6H2,1H3,(H,26,28,29). The molecule has 0 saturated heterocycles. The summed E-state index contributed by atoms with van der Waals surface area (Å²) in [4.78, 5) is 11.2. The highest BCUT2D eigenvalue weighted by atomic mass is 19.4. The molecule has 1 aromatic carbocycles. The van der Waals surface area contributed by atoms with Crippen LogP contribution in [0.3, 0.4) is 0 Å². The highest BCUT2D eigenvalue weighted by Gasteiger charge is 2.38. The van der Waals surface area contributed by atoms with Gasteiger partial charge in [0.25, 0.3) is 0 Å². The highest BCUT2D eigenvalue weighted by molar-refractivity contribution is 5.65. The second-order valence-corrected chi connectivity index (χ2v) is 8.05. The van der Waals surface area contributed by atoms with Gasteiger partial charge in [-0.3, -0.25) is 4.57 Å². The molecule has 0 spiro atoms. The van der Waals surface area contributed by atoms with Crippen LogP contribution in [0.15, 0.2) is 30.7 Å². The largest absolute Gasteiger partial charge is 0.416 e. The van der Waals surface area contributed by atoms with Gasteiger partial charge in [-0.1, -0.05) is 19.8 Å². The lowest BCUT2D eigenvalue weighted by Crippen LogP contribution is -2.42. The van der Waals surface area contributed by atoms with Crippen molar-refractivity contribution in [1.82, 2.24) is 24.7 Å². The molecule has 1 aliphatic carbocycles. The van der Waals surface area contributed by atoms with Crippen LogP contribution < -0.4 is 10.2 Å². The molecule has 2 aromatic heterocycles. The quantitative estimate of drug-likeness (QED) is 0.556. The summed E-state index contributed by atoms with van der Waals surface area (Å²) in [5.41, 5.74) is -0.455. The average molecular weight is 447 g/mol. The fraction of sp³-hybridized carbons (Fsp3) is 0.429. The third-order valence-corrected chi connectivity index (χ3v) is 6.11. The molecule has 32 heavy (non-hydrogen) atoms. The molecule has 3 heterocycles. The summed E-state index contributed by atoms with van der Waals surface area (Å²) in [5.74, 6) is 0.587. The Hall–Kier alpha value is -3.24. The maximum absolute atomic E-state index is 14.4. The van der Waals surface area contributed by atoms with E-state index in [1.54, 1.807) is 12.5 Å². The maximum Gasteiger partial charge on any atom is 0.416 e. The summed E-state index contributed by atoms with van der Waals surface area (Å²) in [6.07, 6.45) is 3.74. The first-order chi connectivity index (χ1) is 15.4. The third-order valence-electron chi connectivity index (χ3n) is 6.11. The topological polar surface area (TPSA) is 71.8 Å². The number of alkyl halides is 3. The van der Waals surface area contributed by atoms with Gasteiger partial charge in [-0.15, -0.1) is 10.2 Å². The second kappa shape index (κ2) is 7.72. The van der Waals surface area contributed by atoms with E-state index in [9.17, 15) is 17.6 Å². The van der Waals surface area contributed by atoms with Gasteiger partial charge in [0.1, 0.15) is 17.8 Å². The lowest BCUT2D eigenvalue weighted by atomic mass is 10.0. The number of benzene rings is 1. The van der Waals surface area contributed by atoms with Crippen molar-refractivity contribution in [1.29, 1.82) is 0 Å². The molecule has 1 saturated carbocycles. The van der Waals surface area contributed by atoms with Gasteiger partial charge < -0.3 is 10.2 Å². The van der Waals surface area contributed by atoms with Crippen LogP contribution in [0.4, 0.5) is 35.0 Å². The molecule has 1 N–H and O–H groups in total. The molecule has 168 valence electrons. The van der Waals surface area contributed by atoms with Crippen molar-refractivity contribution in [2.75, 3.05) is 10.2 Å². The normalized spacial score (nSPS) is 18.5. The number of hydrogen-bond acceptors (Lipinski definition) is 6. The first kappa shape index (κ1) is 20.7. The Bertz CT molecular complexity index is 1140. The van der Waals surface area contributed by atoms with E-state index in [-0.39, 0.29) is 23.7 Å². The van der Waals surface area contributed by atoms with Crippen LogP contribution >= 0.6 is 0 Å². The molecule has 1 aliphatic heterocycles. The highest BCUT2D eigenvalue weighted by Crippen LogP contribution is 2.43. The number of nitrogens with one attached hydrogen (secondary N) is 1. The molecular weight excluding hydrogens is 426 g/mol. The summed E-state index contributed by atoms with van der Waals surface area (Å²) in [6, 6.07) is 2.60. The molecule has 1 fully saturated rings. The van der Waals surface area contributed by atoms with Crippen LogP contribution in [0, 0.1) is 5.82 Å². The Morgan fingerprint density at radius 3 is 2.66 bits per heavy atom. The van der Waals surface area contributed by atoms with Crippen LogP contribution in [0.1, 0.15) is 56.5 Å². The fourth-order valence-corrected chi connectivity index (χ4v) is 4.62. The van der Waals surface area contributed by atoms with E-state index in [1.807, 2.05) is 4.57 Å². The van der Waals surface area contributed by atoms with Gasteiger partial charge in [-0.2, -0.15) is 18.2 Å². The molecule has 1 atom stereocenters. The van der Waals surface area contributed by atoms with Crippen molar-refractivity contribution in [2.24, 2.45) is 0 Å². The van der Waals surface area contributed by atoms with Crippen LogP contribution in [0.2, 0.25) is 0 Å². The SMILES string of the molecule is CCC1c2nncn2-c2cnc(Nc3ccc(C(F)(F)F)cc3F)nc2N1C1CCCC1.